The van der Waals surface area contributed by atoms with Gasteiger partial charge in [-0.05, 0) is 35.2 Å². The van der Waals surface area contributed by atoms with Crippen LogP contribution in [0.25, 0.3) is 0 Å². The summed E-state index contributed by atoms with van der Waals surface area (Å²) in [5.41, 5.74) is 4.36. The Bertz CT molecular complexity index is 1260. The van der Waals surface area contributed by atoms with Crippen LogP contribution in [0.1, 0.15) is 40.5 Å². The molecule has 0 fully saturated rings. The lowest BCUT2D eigenvalue weighted by molar-refractivity contribution is -0.110. The van der Waals surface area contributed by atoms with Crippen molar-refractivity contribution in [1.82, 2.24) is 15.0 Å². The smallest absolute Gasteiger partial charge is 0.275 e. The van der Waals surface area contributed by atoms with Gasteiger partial charge in [0.25, 0.3) is 5.91 Å². The summed E-state index contributed by atoms with van der Waals surface area (Å²) >= 11 is 1.55. The number of nitrogens with zero attached hydrogens (tertiary/aromatic N) is 3. The standard InChI is InChI=1S/C24H25N5O4S2/c1-2-21-23(18-7-3-17(4-8-18)14-35(32)33)28-29(22(13-30)34-21)12-16-5-9-19(10-6-16)27-24(31)20-11-25-15-26-20/h3-11,13,15,21-22,35H,2,12,14H2,1H3,(H,25,26)(H,27,31). The first-order valence-corrected chi connectivity index (χ1v) is 13.3. The minimum absolute atomic E-state index is 0.00549. The second-order valence-corrected chi connectivity index (χ2v) is 10.2. The number of carbonyl (C=O) groups is 2. The van der Waals surface area contributed by atoms with Crippen LogP contribution >= 0.6 is 11.8 Å². The molecule has 0 aliphatic carbocycles. The van der Waals surface area contributed by atoms with Crippen molar-refractivity contribution in [2.45, 2.75) is 36.3 Å². The van der Waals surface area contributed by atoms with Gasteiger partial charge in [-0.3, -0.25) is 9.80 Å². The van der Waals surface area contributed by atoms with Crippen molar-refractivity contribution in [2.24, 2.45) is 5.10 Å². The van der Waals surface area contributed by atoms with E-state index in [4.69, 9.17) is 5.10 Å². The fourth-order valence-electron chi connectivity index (χ4n) is 3.71. The van der Waals surface area contributed by atoms with Crippen LogP contribution in [0.4, 0.5) is 5.69 Å². The Balaban J connectivity index is 1.52. The van der Waals surface area contributed by atoms with Gasteiger partial charge in [0.2, 0.25) is 0 Å². The van der Waals surface area contributed by atoms with E-state index in [9.17, 15) is 18.0 Å². The number of thiol groups is 1. The van der Waals surface area contributed by atoms with Crippen LogP contribution in [0.2, 0.25) is 0 Å². The summed E-state index contributed by atoms with van der Waals surface area (Å²) in [7, 11) is -2.48. The highest BCUT2D eigenvalue weighted by Crippen LogP contribution is 2.32. The average Bonchev–Trinajstić information content (AvgIpc) is 3.40. The first kappa shape index (κ1) is 24.7. The fraction of sp³-hybridized carbons (Fsp3) is 0.250. The number of rotatable bonds is 9. The molecular formula is C24H25N5O4S2. The number of thioether (sulfide) groups is 1. The number of amides is 1. The number of imidazole rings is 1. The van der Waals surface area contributed by atoms with Crippen molar-refractivity contribution in [3.05, 3.63) is 83.4 Å². The lowest BCUT2D eigenvalue weighted by atomic mass is 10.0. The molecule has 9 nitrogen and oxygen atoms in total. The van der Waals surface area contributed by atoms with E-state index >= 15 is 0 Å². The number of hydrazone groups is 1. The van der Waals surface area contributed by atoms with Crippen molar-refractivity contribution >= 4 is 46.1 Å². The number of carbonyl (C=O) groups excluding carboxylic acids is 2. The average molecular weight is 512 g/mol. The Hall–Kier alpha value is -3.44. The third-order valence-corrected chi connectivity index (χ3v) is 7.62. The molecule has 11 heteroatoms. The van der Waals surface area contributed by atoms with Gasteiger partial charge in [0.05, 0.1) is 29.6 Å². The monoisotopic (exact) mass is 511 g/mol. The van der Waals surface area contributed by atoms with Crippen LogP contribution in [0.3, 0.4) is 0 Å². The number of hydrogen-bond acceptors (Lipinski definition) is 8. The molecule has 1 aromatic heterocycles. The van der Waals surface area contributed by atoms with Crippen molar-refractivity contribution in [1.29, 1.82) is 0 Å². The molecule has 0 saturated carbocycles. The molecule has 1 amide bonds. The maximum atomic E-state index is 12.2. The zero-order chi connectivity index (χ0) is 24.8. The van der Waals surface area contributed by atoms with Gasteiger partial charge in [0, 0.05) is 11.9 Å². The molecule has 1 aliphatic heterocycles. The predicted molar refractivity (Wildman–Crippen MR) is 137 cm³/mol. The minimum atomic E-state index is -2.48. The molecule has 0 radical (unpaired) electrons. The summed E-state index contributed by atoms with van der Waals surface area (Å²) in [6, 6.07) is 14.7. The number of hydrogen-bond donors (Lipinski definition) is 3. The molecule has 2 unspecified atom stereocenters. The Kier molecular flexibility index (Phi) is 7.98. The number of aldehydes is 1. The van der Waals surface area contributed by atoms with E-state index in [1.54, 1.807) is 41.0 Å². The van der Waals surface area contributed by atoms with E-state index in [-0.39, 0.29) is 16.9 Å². The molecule has 182 valence electrons. The van der Waals surface area contributed by atoms with Gasteiger partial charge < -0.3 is 15.1 Å². The number of aromatic amines is 1. The number of benzene rings is 2. The zero-order valence-corrected chi connectivity index (χ0v) is 20.7. The normalized spacial score (nSPS) is 17.8. The molecule has 0 bridgehead atoms. The molecule has 2 heterocycles. The topological polar surface area (TPSA) is 125 Å². The van der Waals surface area contributed by atoms with Gasteiger partial charge in [-0.2, -0.15) is 5.10 Å². The Morgan fingerprint density at radius 2 is 1.86 bits per heavy atom. The maximum Gasteiger partial charge on any atom is 0.275 e. The van der Waals surface area contributed by atoms with Crippen LogP contribution in [-0.4, -0.2) is 51.9 Å². The number of aromatic nitrogens is 2. The van der Waals surface area contributed by atoms with E-state index in [1.807, 2.05) is 24.3 Å². The first-order valence-electron chi connectivity index (χ1n) is 11.0. The second-order valence-electron chi connectivity index (χ2n) is 7.94. The highest BCUT2D eigenvalue weighted by Gasteiger charge is 2.31. The first-order chi connectivity index (χ1) is 17.0. The van der Waals surface area contributed by atoms with Crippen LogP contribution in [0, 0.1) is 0 Å². The lowest BCUT2D eigenvalue weighted by Crippen LogP contribution is -2.39. The molecule has 4 rings (SSSR count). The second kappa shape index (κ2) is 11.3. The number of H-pyrrole nitrogens is 1. The molecule has 3 aromatic rings. The Morgan fingerprint density at radius 3 is 2.46 bits per heavy atom. The van der Waals surface area contributed by atoms with E-state index in [2.05, 4.69) is 22.2 Å². The molecule has 2 aromatic carbocycles. The molecule has 1 aliphatic rings. The van der Waals surface area contributed by atoms with Crippen LogP contribution < -0.4 is 5.32 Å². The van der Waals surface area contributed by atoms with Gasteiger partial charge in [-0.1, -0.05) is 43.3 Å². The van der Waals surface area contributed by atoms with Crippen molar-refractivity contribution in [3.8, 4) is 0 Å². The lowest BCUT2D eigenvalue weighted by Gasteiger charge is -2.34. The van der Waals surface area contributed by atoms with E-state index in [0.29, 0.717) is 17.9 Å². The summed E-state index contributed by atoms with van der Waals surface area (Å²) in [4.78, 5) is 30.7. The highest BCUT2D eigenvalue weighted by molar-refractivity contribution is 8.01. The van der Waals surface area contributed by atoms with Gasteiger partial charge in [-0.25, -0.2) is 13.4 Å². The number of anilines is 1. The van der Waals surface area contributed by atoms with Gasteiger partial charge in [0.15, 0.2) is 6.29 Å². The van der Waals surface area contributed by atoms with Gasteiger partial charge in [0.1, 0.15) is 21.8 Å². The van der Waals surface area contributed by atoms with Gasteiger partial charge >= 0.3 is 0 Å². The summed E-state index contributed by atoms with van der Waals surface area (Å²) in [6.45, 7) is 2.47. The van der Waals surface area contributed by atoms with E-state index < -0.39 is 16.1 Å². The molecule has 2 N–H and O–H groups in total. The largest absolute Gasteiger partial charge is 0.350 e. The molecule has 0 spiro atoms. The third-order valence-electron chi connectivity index (χ3n) is 5.47. The van der Waals surface area contributed by atoms with E-state index in [1.165, 1.54) is 12.5 Å². The summed E-state index contributed by atoms with van der Waals surface area (Å²) in [5.74, 6) is -0.300. The van der Waals surface area contributed by atoms with E-state index in [0.717, 1.165) is 35.1 Å². The van der Waals surface area contributed by atoms with Crippen molar-refractivity contribution < 1.29 is 18.0 Å². The Morgan fingerprint density at radius 1 is 1.14 bits per heavy atom. The third kappa shape index (κ3) is 6.17. The summed E-state index contributed by atoms with van der Waals surface area (Å²) < 4.78 is 22.0. The SMILES string of the molecule is CCC1SC(C=O)N(Cc2ccc(NC(=O)c3c[nH]cn3)cc2)N=C1c1ccc(C[SH](=O)=O)cc1. The molecule has 0 saturated heterocycles. The molecule has 35 heavy (non-hydrogen) atoms. The van der Waals surface area contributed by atoms with Crippen molar-refractivity contribution in [2.75, 3.05) is 5.32 Å². The fourth-order valence-corrected chi connectivity index (χ4v) is 5.39. The minimum Gasteiger partial charge on any atom is -0.350 e. The number of nitrogens with one attached hydrogen (secondary N) is 2. The van der Waals surface area contributed by atoms with Gasteiger partial charge in [-0.15, -0.1) is 11.8 Å². The Labute approximate surface area is 209 Å². The van der Waals surface area contributed by atoms with Crippen LogP contribution in [0.5, 0.6) is 0 Å². The highest BCUT2D eigenvalue weighted by atomic mass is 32.2. The zero-order valence-electron chi connectivity index (χ0n) is 19.0. The molecular weight excluding hydrogens is 486 g/mol. The van der Waals surface area contributed by atoms with Crippen LogP contribution in [0.15, 0.2) is 66.2 Å². The van der Waals surface area contributed by atoms with Crippen molar-refractivity contribution in [3.63, 3.8) is 0 Å². The predicted octanol–water partition coefficient (Wildman–Crippen LogP) is 3.03. The molecule has 2 atom stereocenters. The van der Waals surface area contributed by atoms with Crippen LogP contribution in [-0.2, 0) is 27.8 Å². The quantitative estimate of drug-likeness (QED) is 0.298. The summed E-state index contributed by atoms with van der Waals surface area (Å²) in [6.07, 6.45) is 4.68. The summed E-state index contributed by atoms with van der Waals surface area (Å²) in [5, 5.41) is 9.02. The maximum absolute atomic E-state index is 12.2.